The van der Waals surface area contributed by atoms with Gasteiger partial charge in [0.05, 0.1) is 30.8 Å². The number of ketones is 1. The first kappa shape index (κ1) is 13.7. The molecule has 1 fully saturated rings. The molecule has 1 aromatic rings. The molecule has 0 atom stereocenters. The van der Waals surface area contributed by atoms with E-state index in [1.54, 1.807) is 25.1 Å². The van der Waals surface area contributed by atoms with Crippen LogP contribution in [0, 0.1) is 0 Å². The SMILES string of the molecule is CCOC(=O)c1cc(Br)ccc1N1CC(=O)CC1=O. The predicted octanol–water partition coefficient (Wildman–Crippen LogP) is 1.93. The van der Waals surface area contributed by atoms with Crippen LogP contribution in [0.2, 0.25) is 0 Å². The van der Waals surface area contributed by atoms with Crippen molar-refractivity contribution in [3.8, 4) is 0 Å². The van der Waals surface area contributed by atoms with Crippen LogP contribution < -0.4 is 4.90 Å². The summed E-state index contributed by atoms with van der Waals surface area (Å²) in [5.41, 5.74) is 0.691. The topological polar surface area (TPSA) is 63.7 Å². The monoisotopic (exact) mass is 325 g/mol. The average molecular weight is 326 g/mol. The smallest absolute Gasteiger partial charge is 0.340 e. The van der Waals surface area contributed by atoms with Gasteiger partial charge < -0.3 is 9.64 Å². The molecule has 100 valence electrons. The van der Waals surface area contributed by atoms with Crippen LogP contribution in [0.3, 0.4) is 0 Å². The summed E-state index contributed by atoms with van der Waals surface area (Å²) in [5.74, 6) is -0.952. The Morgan fingerprint density at radius 2 is 2.16 bits per heavy atom. The Morgan fingerprint density at radius 3 is 2.74 bits per heavy atom. The molecule has 1 aromatic carbocycles. The maximum atomic E-state index is 11.9. The van der Waals surface area contributed by atoms with E-state index in [9.17, 15) is 14.4 Å². The van der Waals surface area contributed by atoms with Crippen LogP contribution in [0.4, 0.5) is 5.69 Å². The Kier molecular flexibility index (Phi) is 3.99. The number of carbonyl (C=O) groups is 3. The minimum atomic E-state index is -0.508. The van der Waals surface area contributed by atoms with Crippen molar-refractivity contribution < 1.29 is 19.1 Å². The van der Waals surface area contributed by atoms with Crippen molar-refractivity contribution >= 4 is 39.3 Å². The minimum absolute atomic E-state index is 0.00682. The molecule has 0 bridgehead atoms. The van der Waals surface area contributed by atoms with E-state index in [0.717, 1.165) is 0 Å². The number of amides is 1. The highest BCUT2D eigenvalue weighted by Gasteiger charge is 2.31. The van der Waals surface area contributed by atoms with Crippen LogP contribution in [0.5, 0.6) is 0 Å². The van der Waals surface area contributed by atoms with Crippen molar-refractivity contribution in [2.24, 2.45) is 0 Å². The summed E-state index contributed by atoms with van der Waals surface area (Å²) >= 11 is 3.27. The Labute approximate surface area is 118 Å². The molecule has 0 N–H and O–H groups in total. The lowest BCUT2D eigenvalue weighted by molar-refractivity contribution is -0.121. The highest BCUT2D eigenvalue weighted by atomic mass is 79.9. The number of nitrogens with zero attached hydrogens (tertiary/aromatic N) is 1. The first-order valence-corrected chi connectivity index (χ1v) is 6.61. The van der Waals surface area contributed by atoms with Gasteiger partial charge in [0, 0.05) is 4.47 Å². The number of rotatable bonds is 3. The lowest BCUT2D eigenvalue weighted by atomic mass is 10.1. The summed E-state index contributed by atoms with van der Waals surface area (Å²) in [6.45, 7) is 1.96. The van der Waals surface area contributed by atoms with Gasteiger partial charge in [-0.05, 0) is 25.1 Å². The van der Waals surface area contributed by atoms with E-state index < -0.39 is 5.97 Å². The third-order valence-corrected chi connectivity index (χ3v) is 3.22. The Hall–Kier alpha value is -1.69. The molecule has 0 spiro atoms. The molecule has 1 saturated heterocycles. The molecule has 6 heteroatoms. The zero-order valence-corrected chi connectivity index (χ0v) is 11.9. The minimum Gasteiger partial charge on any atom is -0.462 e. The molecule has 5 nitrogen and oxygen atoms in total. The van der Waals surface area contributed by atoms with Crippen LogP contribution in [0.1, 0.15) is 23.7 Å². The van der Waals surface area contributed by atoms with Crippen molar-refractivity contribution in [2.75, 3.05) is 18.1 Å². The summed E-state index contributed by atoms with van der Waals surface area (Å²) in [6.07, 6.45) is -0.113. The Bertz CT molecular complexity index is 556. The van der Waals surface area contributed by atoms with Crippen LogP contribution >= 0.6 is 15.9 Å². The molecule has 1 aliphatic heterocycles. The summed E-state index contributed by atoms with van der Waals surface area (Å²) in [6, 6.07) is 4.93. The molecule has 0 unspecified atom stereocenters. The Balaban J connectivity index is 2.42. The van der Waals surface area contributed by atoms with E-state index in [0.29, 0.717) is 10.2 Å². The molecule has 0 saturated carbocycles. The van der Waals surface area contributed by atoms with Gasteiger partial charge in [0.15, 0.2) is 5.78 Å². The van der Waals surface area contributed by atoms with Crippen molar-refractivity contribution in [1.29, 1.82) is 0 Å². The molecule has 1 aliphatic rings. The number of Topliss-reactive ketones (excluding diaryl/α,β-unsaturated/α-hetero) is 1. The van der Waals surface area contributed by atoms with Gasteiger partial charge >= 0.3 is 5.97 Å². The molecule has 0 radical (unpaired) electrons. The van der Waals surface area contributed by atoms with Crippen molar-refractivity contribution in [1.82, 2.24) is 0 Å². The highest BCUT2D eigenvalue weighted by molar-refractivity contribution is 9.10. The number of ether oxygens (including phenoxy) is 1. The van der Waals surface area contributed by atoms with Gasteiger partial charge in [0.25, 0.3) is 0 Å². The van der Waals surface area contributed by atoms with Crippen LogP contribution in [0.15, 0.2) is 22.7 Å². The fourth-order valence-electron chi connectivity index (χ4n) is 1.92. The number of anilines is 1. The van der Waals surface area contributed by atoms with Gasteiger partial charge in [0.1, 0.15) is 0 Å². The molecular weight excluding hydrogens is 314 g/mol. The summed E-state index contributed by atoms with van der Waals surface area (Å²) in [7, 11) is 0. The van der Waals surface area contributed by atoms with Gasteiger partial charge in [-0.3, -0.25) is 9.59 Å². The van der Waals surface area contributed by atoms with Gasteiger partial charge in [-0.1, -0.05) is 15.9 Å². The molecule has 2 rings (SSSR count). The molecule has 1 amide bonds. The summed E-state index contributed by atoms with van der Waals surface area (Å²) in [4.78, 5) is 36.3. The summed E-state index contributed by atoms with van der Waals surface area (Å²) < 4.78 is 5.67. The van der Waals surface area contributed by atoms with E-state index in [1.165, 1.54) is 4.90 Å². The van der Waals surface area contributed by atoms with Gasteiger partial charge in [0.2, 0.25) is 5.91 Å². The quantitative estimate of drug-likeness (QED) is 0.629. The van der Waals surface area contributed by atoms with Crippen LogP contribution in [-0.2, 0) is 14.3 Å². The van der Waals surface area contributed by atoms with Gasteiger partial charge in [-0.15, -0.1) is 0 Å². The van der Waals surface area contributed by atoms with E-state index in [4.69, 9.17) is 4.74 Å². The fourth-order valence-corrected chi connectivity index (χ4v) is 2.28. The zero-order chi connectivity index (χ0) is 14.0. The van der Waals surface area contributed by atoms with Crippen LogP contribution in [-0.4, -0.2) is 30.8 Å². The number of esters is 1. The second-order valence-electron chi connectivity index (χ2n) is 4.08. The second-order valence-corrected chi connectivity index (χ2v) is 4.99. The number of carbonyl (C=O) groups excluding carboxylic acids is 3. The fraction of sp³-hybridized carbons (Fsp3) is 0.308. The third kappa shape index (κ3) is 2.84. The average Bonchev–Trinajstić information content (AvgIpc) is 2.68. The van der Waals surface area contributed by atoms with E-state index >= 15 is 0 Å². The van der Waals surface area contributed by atoms with E-state index in [1.807, 2.05) is 0 Å². The maximum absolute atomic E-state index is 11.9. The first-order chi connectivity index (χ1) is 9.02. The van der Waals surface area contributed by atoms with Gasteiger partial charge in [-0.2, -0.15) is 0 Å². The number of benzene rings is 1. The lowest BCUT2D eigenvalue weighted by Crippen LogP contribution is -2.27. The molecule has 19 heavy (non-hydrogen) atoms. The Morgan fingerprint density at radius 1 is 1.42 bits per heavy atom. The highest BCUT2D eigenvalue weighted by Crippen LogP contribution is 2.28. The summed E-state index contributed by atoms with van der Waals surface area (Å²) in [5, 5.41) is 0. The number of halogens is 1. The van der Waals surface area contributed by atoms with Gasteiger partial charge in [-0.25, -0.2) is 4.79 Å². The molecule has 0 aliphatic carbocycles. The molecular formula is C13H12BrNO4. The van der Waals surface area contributed by atoms with Crippen molar-refractivity contribution in [2.45, 2.75) is 13.3 Å². The second kappa shape index (κ2) is 5.52. The normalized spacial score (nSPS) is 14.9. The molecule has 1 heterocycles. The zero-order valence-electron chi connectivity index (χ0n) is 10.3. The van der Waals surface area contributed by atoms with E-state index in [2.05, 4.69) is 15.9 Å². The van der Waals surface area contributed by atoms with E-state index in [-0.39, 0.29) is 36.8 Å². The number of hydrogen-bond acceptors (Lipinski definition) is 4. The predicted molar refractivity (Wildman–Crippen MR) is 72.1 cm³/mol. The third-order valence-electron chi connectivity index (χ3n) is 2.73. The molecule has 0 aromatic heterocycles. The largest absolute Gasteiger partial charge is 0.462 e. The standard InChI is InChI=1S/C13H12BrNO4/c1-2-19-13(18)10-5-8(14)3-4-11(10)15-7-9(16)6-12(15)17/h3-5H,2,6-7H2,1H3. The first-order valence-electron chi connectivity index (χ1n) is 5.81. The van der Waals surface area contributed by atoms with Crippen LogP contribution in [0.25, 0.3) is 0 Å². The number of hydrogen-bond donors (Lipinski definition) is 0. The van der Waals surface area contributed by atoms with Crippen molar-refractivity contribution in [3.05, 3.63) is 28.2 Å². The lowest BCUT2D eigenvalue weighted by Gasteiger charge is -2.18. The maximum Gasteiger partial charge on any atom is 0.340 e. The van der Waals surface area contributed by atoms with Crippen molar-refractivity contribution in [3.63, 3.8) is 0 Å².